The second kappa shape index (κ2) is 8.43. The van der Waals surface area contributed by atoms with Crippen LogP contribution in [0, 0.1) is 19.7 Å². The molecule has 4 rings (SSSR count). The number of hydrogen-bond donors (Lipinski definition) is 2. The van der Waals surface area contributed by atoms with Crippen molar-refractivity contribution in [3.63, 3.8) is 0 Å². The summed E-state index contributed by atoms with van der Waals surface area (Å²) < 4.78 is 15.2. The van der Waals surface area contributed by atoms with Gasteiger partial charge in [-0.15, -0.1) is 0 Å². The topological polar surface area (TPSA) is 84.2 Å². The minimum absolute atomic E-state index is 0.101. The summed E-state index contributed by atoms with van der Waals surface area (Å²) in [5.74, 6) is -1.36. The van der Waals surface area contributed by atoms with E-state index in [0.29, 0.717) is 5.56 Å². The van der Waals surface area contributed by atoms with Crippen molar-refractivity contribution < 1.29 is 19.1 Å². The van der Waals surface area contributed by atoms with Crippen LogP contribution < -0.4 is 5.32 Å². The number of nitrogens with one attached hydrogen (secondary N) is 1. The second-order valence-electron chi connectivity index (χ2n) is 7.89. The molecule has 2 atom stereocenters. The van der Waals surface area contributed by atoms with Crippen LogP contribution in [0.4, 0.5) is 4.39 Å². The molecule has 0 saturated carbocycles. The minimum atomic E-state index is -0.809. The van der Waals surface area contributed by atoms with Crippen molar-refractivity contribution in [2.75, 3.05) is 6.61 Å². The highest BCUT2D eigenvalue weighted by molar-refractivity contribution is 5.99. The summed E-state index contributed by atoms with van der Waals surface area (Å²) in [4.78, 5) is 26.2. The average Bonchev–Trinajstić information content (AvgIpc) is 3.04. The highest BCUT2D eigenvalue weighted by Crippen LogP contribution is 2.38. The van der Waals surface area contributed by atoms with E-state index in [1.165, 1.54) is 12.1 Å². The Morgan fingerprint density at radius 2 is 1.97 bits per heavy atom. The predicted octanol–water partition coefficient (Wildman–Crippen LogP) is 2.69. The first-order valence-electron chi connectivity index (χ1n) is 10.2. The number of carbonyl (C=O) groups excluding carboxylic acids is 2. The summed E-state index contributed by atoms with van der Waals surface area (Å²) in [7, 11) is 0. The Bertz CT molecular complexity index is 1140. The third kappa shape index (κ3) is 4.01. The Labute approximate surface area is 179 Å². The fourth-order valence-electron chi connectivity index (χ4n) is 4.35. The van der Waals surface area contributed by atoms with Crippen LogP contribution in [0.5, 0.6) is 0 Å². The molecule has 160 valence electrons. The van der Waals surface area contributed by atoms with E-state index < -0.39 is 12.0 Å². The quantitative estimate of drug-likeness (QED) is 0.664. The number of rotatable bonds is 5. The van der Waals surface area contributed by atoms with E-state index in [-0.39, 0.29) is 37.1 Å². The number of carbonyl (C=O) groups is 2. The van der Waals surface area contributed by atoms with E-state index in [0.717, 1.165) is 28.1 Å². The smallest absolute Gasteiger partial charge is 0.251 e. The van der Waals surface area contributed by atoms with Crippen molar-refractivity contribution in [2.24, 2.45) is 0 Å². The molecule has 1 aromatic heterocycles. The molecule has 7 heteroatoms. The van der Waals surface area contributed by atoms with Gasteiger partial charge in [0.15, 0.2) is 5.78 Å². The van der Waals surface area contributed by atoms with Gasteiger partial charge in [0.2, 0.25) is 0 Å². The van der Waals surface area contributed by atoms with E-state index in [4.69, 9.17) is 0 Å². The molecule has 1 heterocycles. The van der Waals surface area contributed by atoms with Crippen LogP contribution in [0.25, 0.3) is 0 Å². The zero-order chi connectivity index (χ0) is 22.1. The molecule has 0 bridgehead atoms. The van der Waals surface area contributed by atoms with Crippen LogP contribution >= 0.6 is 0 Å². The number of fused-ring (bicyclic) bond motifs is 1. The Morgan fingerprint density at radius 1 is 1.23 bits per heavy atom. The fourth-order valence-corrected chi connectivity index (χ4v) is 4.35. The monoisotopic (exact) mass is 421 g/mol. The number of nitrogens with zero attached hydrogens (tertiary/aromatic N) is 2. The number of hydrogen-bond acceptors (Lipinski definition) is 4. The number of aromatic nitrogens is 2. The van der Waals surface area contributed by atoms with Gasteiger partial charge in [0.25, 0.3) is 5.91 Å². The van der Waals surface area contributed by atoms with Crippen LogP contribution in [0.3, 0.4) is 0 Å². The SMILES string of the molecule is Cc1cccc(C(=O)N[C@@H]2C(=O)Cc3c(c(C)nn3CCO)[C@@H]2c2ccc(F)cc2)c1. The first-order valence-corrected chi connectivity index (χ1v) is 10.2. The summed E-state index contributed by atoms with van der Waals surface area (Å²) in [5.41, 5.74) is 4.43. The molecule has 1 aliphatic rings. The Hall–Kier alpha value is -3.32. The van der Waals surface area contributed by atoms with Gasteiger partial charge in [-0.25, -0.2) is 4.39 Å². The van der Waals surface area contributed by atoms with Gasteiger partial charge in [0.05, 0.1) is 37.0 Å². The number of benzene rings is 2. The lowest BCUT2D eigenvalue weighted by molar-refractivity contribution is -0.121. The Morgan fingerprint density at radius 3 is 2.65 bits per heavy atom. The van der Waals surface area contributed by atoms with Crippen LogP contribution in [0.15, 0.2) is 48.5 Å². The Balaban J connectivity index is 1.79. The molecule has 0 spiro atoms. The zero-order valence-corrected chi connectivity index (χ0v) is 17.4. The first-order chi connectivity index (χ1) is 14.9. The number of amides is 1. The van der Waals surface area contributed by atoms with Crippen molar-refractivity contribution in [2.45, 2.75) is 38.8 Å². The number of aliphatic hydroxyl groups excluding tert-OH is 1. The Kier molecular flexibility index (Phi) is 5.69. The normalized spacial score (nSPS) is 18.0. The maximum Gasteiger partial charge on any atom is 0.251 e. The van der Waals surface area contributed by atoms with Crippen molar-refractivity contribution in [1.29, 1.82) is 0 Å². The van der Waals surface area contributed by atoms with Gasteiger partial charge in [0.1, 0.15) is 5.82 Å². The molecule has 2 aromatic carbocycles. The molecule has 3 aromatic rings. The van der Waals surface area contributed by atoms with E-state index >= 15 is 0 Å². The second-order valence-corrected chi connectivity index (χ2v) is 7.89. The van der Waals surface area contributed by atoms with Crippen LogP contribution in [0.1, 0.15) is 44.4 Å². The summed E-state index contributed by atoms with van der Waals surface area (Å²) >= 11 is 0. The number of Topliss-reactive ketones (excluding diaryl/α,β-unsaturated/α-hetero) is 1. The maximum atomic E-state index is 13.6. The summed E-state index contributed by atoms with van der Waals surface area (Å²) in [5, 5.41) is 16.8. The molecule has 0 saturated heterocycles. The van der Waals surface area contributed by atoms with Gasteiger partial charge >= 0.3 is 0 Å². The third-order valence-electron chi connectivity index (χ3n) is 5.72. The van der Waals surface area contributed by atoms with Gasteiger partial charge in [-0.05, 0) is 43.7 Å². The number of aliphatic hydroxyl groups is 1. The molecule has 1 amide bonds. The molecule has 0 aliphatic heterocycles. The van der Waals surface area contributed by atoms with Gasteiger partial charge in [-0.1, -0.05) is 29.8 Å². The van der Waals surface area contributed by atoms with Gasteiger partial charge in [0, 0.05) is 17.0 Å². The van der Waals surface area contributed by atoms with E-state index in [1.807, 2.05) is 19.9 Å². The van der Waals surface area contributed by atoms with Crippen molar-refractivity contribution in [3.05, 3.63) is 88.0 Å². The molecule has 6 nitrogen and oxygen atoms in total. The van der Waals surface area contributed by atoms with Crippen LogP contribution in [-0.4, -0.2) is 39.2 Å². The first kappa shape index (κ1) is 20.9. The van der Waals surface area contributed by atoms with Gasteiger partial charge in [-0.2, -0.15) is 5.10 Å². The standard InChI is InChI=1S/C24H24FN3O3/c1-14-4-3-5-17(12-14)24(31)26-23-20(30)13-19-21(15(2)27-28(19)10-11-29)22(23)16-6-8-18(25)9-7-16/h3-9,12,22-23,29H,10-11,13H2,1-2H3,(H,26,31)/t22-,23+/m0/s1. The third-order valence-corrected chi connectivity index (χ3v) is 5.72. The minimum Gasteiger partial charge on any atom is -0.394 e. The predicted molar refractivity (Wildman–Crippen MR) is 113 cm³/mol. The summed E-state index contributed by atoms with van der Waals surface area (Å²) in [6.45, 7) is 3.92. The van der Waals surface area contributed by atoms with Crippen molar-refractivity contribution in [3.8, 4) is 0 Å². The van der Waals surface area contributed by atoms with E-state index in [9.17, 15) is 19.1 Å². The lowest BCUT2D eigenvalue weighted by Gasteiger charge is -2.32. The molecule has 31 heavy (non-hydrogen) atoms. The lowest BCUT2D eigenvalue weighted by Crippen LogP contribution is -2.48. The molecular formula is C24H24FN3O3. The van der Waals surface area contributed by atoms with Crippen molar-refractivity contribution in [1.82, 2.24) is 15.1 Å². The largest absolute Gasteiger partial charge is 0.394 e. The van der Waals surface area contributed by atoms with Crippen molar-refractivity contribution >= 4 is 11.7 Å². The maximum absolute atomic E-state index is 13.6. The van der Waals surface area contributed by atoms with Gasteiger partial charge < -0.3 is 10.4 Å². The van der Waals surface area contributed by atoms with Crippen LogP contribution in [-0.2, 0) is 17.8 Å². The number of aryl methyl sites for hydroxylation is 2. The van der Waals surface area contributed by atoms with Gasteiger partial charge in [-0.3, -0.25) is 14.3 Å². The summed E-state index contributed by atoms with van der Waals surface area (Å²) in [6, 6.07) is 12.3. The average molecular weight is 421 g/mol. The molecule has 0 unspecified atom stereocenters. The molecule has 1 aliphatic carbocycles. The molecule has 2 N–H and O–H groups in total. The molecule has 0 radical (unpaired) electrons. The summed E-state index contributed by atoms with van der Waals surface area (Å²) in [6.07, 6.45) is 0.104. The number of halogens is 1. The highest BCUT2D eigenvalue weighted by Gasteiger charge is 2.41. The zero-order valence-electron chi connectivity index (χ0n) is 17.4. The fraction of sp³-hybridized carbons (Fsp3) is 0.292. The van der Waals surface area contributed by atoms with Crippen LogP contribution in [0.2, 0.25) is 0 Å². The van der Waals surface area contributed by atoms with E-state index in [1.54, 1.807) is 35.0 Å². The molecular weight excluding hydrogens is 397 g/mol. The molecule has 0 fully saturated rings. The number of ketones is 1. The lowest BCUT2D eigenvalue weighted by atomic mass is 9.76. The highest BCUT2D eigenvalue weighted by atomic mass is 19.1. The van der Waals surface area contributed by atoms with E-state index in [2.05, 4.69) is 10.4 Å².